The van der Waals surface area contributed by atoms with Crippen LogP contribution in [0.1, 0.15) is 33.9 Å². The van der Waals surface area contributed by atoms with E-state index in [2.05, 4.69) is 34.1 Å². The summed E-state index contributed by atoms with van der Waals surface area (Å²) in [5, 5.41) is 10.6. The Morgan fingerprint density at radius 2 is 1.61 bits per heavy atom. The number of aliphatic hydroxyl groups excluding tert-OH is 1. The number of aliphatic hydroxyl groups is 1. The van der Waals surface area contributed by atoms with E-state index >= 15 is 0 Å². The van der Waals surface area contributed by atoms with Crippen molar-refractivity contribution in [3.63, 3.8) is 0 Å². The highest BCUT2D eigenvalue weighted by Crippen LogP contribution is 2.29. The van der Waals surface area contributed by atoms with Gasteiger partial charge in [-0.3, -0.25) is 0 Å². The Morgan fingerprint density at radius 3 is 2.28 bits per heavy atom. The summed E-state index contributed by atoms with van der Waals surface area (Å²) < 4.78 is 1.04. The van der Waals surface area contributed by atoms with E-state index in [4.69, 9.17) is 0 Å². The molecule has 0 aromatic heterocycles. The van der Waals surface area contributed by atoms with E-state index in [9.17, 15) is 5.11 Å². The van der Waals surface area contributed by atoms with Crippen molar-refractivity contribution in [3.05, 3.63) is 68.7 Å². The van der Waals surface area contributed by atoms with E-state index in [1.54, 1.807) is 0 Å². The third-order valence-corrected chi connectivity index (χ3v) is 3.75. The van der Waals surface area contributed by atoms with Gasteiger partial charge in [0.25, 0.3) is 0 Å². The quantitative estimate of drug-likeness (QED) is 0.868. The van der Waals surface area contributed by atoms with Crippen molar-refractivity contribution in [2.75, 3.05) is 0 Å². The van der Waals surface area contributed by atoms with Crippen LogP contribution in [0.2, 0.25) is 0 Å². The standard InChI is InChI=1S/C16H17BrO/c1-10-4-5-11(2)15(8-10)16(18)14-7-6-13(17)9-12(14)3/h4-9,16,18H,1-3H3. The molecule has 0 saturated carbocycles. The number of aryl methyl sites for hydroxylation is 3. The summed E-state index contributed by atoms with van der Waals surface area (Å²) in [7, 11) is 0. The minimum absolute atomic E-state index is 0.557. The largest absolute Gasteiger partial charge is 0.384 e. The van der Waals surface area contributed by atoms with E-state index in [1.165, 1.54) is 5.56 Å². The van der Waals surface area contributed by atoms with Gasteiger partial charge in [0, 0.05) is 4.47 Å². The van der Waals surface area contributed by atoms with E-state index in [0.717, 1.165) is 26.7 Å². The average molecular weight is 305 g/mol. The third-order valence-electron chi connectivity index (χ3n) is 3.26. The molecular formula is C16H17BrO. The Bertz CT molecular complexity index is 575. The lowest BCUT2D eigenvalue weighted by Crippen LogP contribution is -2.04. The fourth-order valence-electron chi connectivity index (χ4n) is 2.17. The van der Waals surface area contributed by atoms with Crippen LogP contribution in [0.25, 0.3) is 0 Å². The molecule has 94 valence electrons. The van der Waals surface area contributed by atoms with Crippen molar-refractivity contribution in [3.8, 4) is 0 Å². The molecule has 0 aliphatic heterocycles. The van der Waals surface area contributed by atoms with Crippen LogP contribution in [0.3, 0.4) is 0 Å². The molecule has 0 bridgehead atoms. The number of hydrogen-bond donors (Lipinski definition) is 1. The summed E-state index contributed by atoms with van der Waals surface area (Å²) >= 11 is 3.45. The van der Waals surface area contributed by atoms with Crippen LogP contribution >= 0.6 is 15.9 Å². The summed E-state index contributed by atoms with van der Waals surface area (Å²) in [4.78, 5) is 0. The normalized spacial score (nSPS) is 12.5. The molecule has 0 amide bonds. The fourth-order valence-corrected chi connectivity index (χ4v) is 2.64. The first kappa shape index (κ1) is 13.3. The topological polar surface area (TPSA) is 20.2 Å². The second kappa shape index (κ2) is 5.25. The van der Waals surface area contributed by atoms with Gasteiger partial charge in [-0.1, -0.05) is 45.8 Å². The smallest absolute Gasteiger partial charge is 0.105 e. The van der Waals surface area contributed by atoms with E-state index in [1.807, 2.05) is 39.0 Å². The first-order chi connectivity index (χ1) is 8.49. The zero-order valence-electron chi connectivity index (χ0n) is 10.9. The molecule has 0 radical (unpaired) electrons. The summed E-state index contributed by atoms with van der Waals surface area (Å²) in [6, 6.07) is 12.2. The van der Waals surface area contributed by atoms with E-state index in [-0.39, 0.29) is 0 Å². The van der Waals surface area contributed by atoms with E-state index < -0.39 is 6.10 Å². The molecule has 2 aromatic carbocycles. The maximum absolute atomic E-state index is 10.6. The number of hydrogen-bond acceptors (Lipinski definition) is 1. The highest BCUT2D eigenvalue weighted by Gasteiger charge is 2.15. The molecule has 2 heteroatoms. The highest BCUT2D eigenvalue weighted by atomic mass is 79.9. The van der Waals surface area contributed by atoms with Gasteiger partial charge in [-0.05, 0) is 55.2 Å². The van der Waals surface area contributed by atoms with Crippen molar-refractivity contribution in [1.29, 1.82) is 0 Å². The molecule has 0 spiro atoms. The van der Waals surface area contributed by atoms with Gasteiger partial charge in [0.2, 0.25) is 0 Å². The molecule has 2 aromatic rings. The lowest BCUT2D eigenvalue weighted by Gasteiger charge is -2.17. The number of halogens is 1. The molecule has 0 fully saturated rings. The van der Waals surface area contributed by atoms with Gasteiger partial charge in [0.15, 0.2) is 0 Å². The second-order valence-corrected chi connectivity index (χ2v) is 5.68. The zero-order chi connectivity index (χ0) is 13.3. The predicted octanol–water partition coefficient (Wildman–Crippen LogP) is 4.46. The molecule has 0 saturated heterocycles. The first-order valence-electron chi connectivity index (χ1n) is 6.00. The summed E-state index contributed by atoms with van der Waals surface area (Å²) in [6.07, 6.45) is -0.557. The van der Waals surface area contributed by atoms with Crippen LogP contribution in [0.5, 0.6) is 0 Å². The summed E-state index contributed by atoms with van der Waals surface area (Å²) in [5.41, 5.74) is 5.34. The first-order valence-corrected chi connectivity index (χ1v) is 6.79. The molecule has 1 nitrogen and oxygen atoms in total. The van der Waals surface area contributed by atoms with Gasteiger partial charge >= 0.3 is 0 Å². The van der Waals surface area contributed by atoms with E-state index in [0.29, 0.717) is 0 Å². The van der Waals surface area contributed by atoms with Crippen molar-refractivity contribution in [1.82, 2.24) is 0 Å². The van der Waals surface area contributed by atoms with Crippen LogP contribution in [-0.4, -0.2) is 5.11 Å². The maximum atomic E-state index is 10.6. The van der Waals surface area contributed by atoms with Crippen molar-refractivity contribution >= 4 is 15.9 Å². The molecular weight excluding hydrogens is 288 g/mol. The summed E-state index contributed by atoms with van der Waals surface area (Å²) in [5.74, 6) is 0. The number of benzene rings is 2. The molecule has 1 unspecified atom stereocenters. The van der Waals surface area contributed by atoms with Gasteiger partial charge in [-0.2, -0.15) is 0 Å². The Kier molecular flexibility index (Phi) is 3.88. The molecule has 0 aliphatic rings. The van der Waals surface area contributed by atoms with Crippen LogP contribution < -0.4 is 0 Å². The van der Waals surface area contributed by atoms with Gasteiger partial charge in [-0.25, -0.2) is 0 Å². The Balaban J connectivity index is 2.47. The fraction of sp³-hybridized carbons (Fsp3) is 0.250. The van der Waals surface area contributed by atoms with Crippen LogP contribution in [-0.2, 0) is 0 Å². The monoisotopic (exact) mass is 304 g/mol. The SMILES string of the molecule is Cc1ccc(C)c(C(O)c2ccc(Br)cc2C)c1. The lowest BCUT2D eigenvalue weighted by atomic mass is 9.93. The van der Waals surface area contributed by atoms with Gasteiger partial charge in [-0.15, -0.1) is 0 Å². The zero-order valence-corrected chi connectivity index (χ0v) is 12.5. The third kappa shape index (κ3) is 2.65. The second-order valence-electron chi connectivity index (χ2n) is 4.76. The average Bonchev–Trinajstić information content (AvgIpc) is 2.31. The Hall–Kier alpha value is -1.12. The van der Waals surface area contributed by atoms with Gasteiger partial charge in [0.05, 0.1) is 0 Å². The Morgan fingerprint density at radius 1 is 0.889 bits per heavy atom. The van der Waals surface area contributed by atoms with Crippen molar-refractivity contribution < 1.29 is 5.11 Å². The molecule has 0 heterocycles. The number of rotatable bonds is 2. The van der Waals surface area contributed by atoms with Crippen LogP contribution in [0.4, 0.5) is 0 Å². The molecule has 0 aliphatic carbocycles. The minimum atomic E-state index is -0.557. The molecule has 2 rings (SSSR count). The summed E-state index contributed by atoms with van der Waals surface area (Å²) in [6.45, 7) is 6.10. The molecule has 1 N–H and O–H groups in total. The van der Waals surface area contributed by atoms with Crippen LogP contribution in [0.15, 0.2) is 40.9 Å². The molecule has 18 heavy (non-hydrogen) atoms. The van der Waals surface area contributed by atoms with Crippen LogP contribution in [0, 0.1) is 20.8 Å². The van der Waals surface area contributed by atoms with Gasteiger partial charge < -0.3 is 5.11 Å². The Labute approximate surface area is 117 Å². The van der Waals surface area contributed by atoms with Gasteiger partial charge in [0.1, 0.15) is 6.10 Å². The minimum Gasteiger partial charge on any atom is -0.384 e. The lowest BCUT2D eigenvalue weighted by molar-refractivity contribution is 0.218. The van der Waals surface area contributed by atoms with Crippen molar-refractivity contribution in [2.24, 2.45) is 0 Å². The predicted molar refractivity (Wildman–Crippen MR) is 78.9 cm³/mol. The van der Waals surface area contributed by atoms with Crippen molar-refractivity contribution in [2.45, 2.75) is 26.9 Å². The molecule has 1 atom stereocenters. The maximum Gasteiger partial charge on any atom is 0.105 e. The highest BCUT2D eigenvalue weighted by molar-refractivity contribution is 9.10.